The van der Waals surface area contributed by atoms with Crippen LogP contribution in [-0.2, 0) is 0 Å². The minimum absolute atomic E-state index is 0.188. The summed E-state index contributed by atoms with van der Waals surface area (Å²) in [5, 5.41) is 3.94. The van der Waals surface area contributed by atoms with E-state index in [0.29, 0.717) is 21.5 Å². The molecule has 0 atom stereocenters. The summed E-state index contributed by atoms with van der Waals surface area (Å²) in [4.78, 5) is 16.6. The van der Waals surface area contributed by atoms with Crippen LogP contribution in [-0.4, -0.2) is 16.9 Å². The van der Waals surface area contributed by atoms with Crippen LogP contribution in [0.2, 0.25) is 10.0 Å². The zero-order valence-electron chi connectivity index (χ0n) is 12.6. The zero-order chi connectivity index (χ0) is 16.2. The molecule has 1 fully saturated rings. The molecule has 1 N–H and O–H groups in total. The lowest BCUT2D eigenvalue weighted by atomic mass is 10.1. The average Bonchev–Trinajstić information content (AvgIpc) is 2.90. The fourth-order valence-electron chi connectivity index (χ4n) is 2.82. The van der Waals surface area contributed by atoms with Crippen molar-refractivity contribution in [2.24, 2.45) is 0 Å². The van der Waals surface area contributed by atoms with Crippen LogP contribution < -0.4 is 5.32 Å². The highest BCUT2D eigenvalue weighted by molar-refractivity contribution is 6.42. The second-order valence-corrected chi connectivity index (χ2v) is 6.64. The van der Waals surface area contributed by atoms with E-state index in [0.717, 1.165) is 25.7 Å². The van der Waals surface area contributed by atoms with Gasteiger partial charge in [-0.15, -0.1) is 0 Å². The highest BCUT2D eigenvalue weighted by atomic mass is 35.5. The van der Waals surface area contributed by atoms with Crippen LogP contribution in [0.1, 0.15) is 49.0 Å². The van der Waals surface area contributed by atoms with Crippen molar-refractivity contribution in [3.8, 4) is 11.5 Å². The number of benzene rings is 1. The molecule has 0 aliphatic heterocycles. The summed E-state index contributed by atoms with van der Waals surface area (Å²) in [5.74, 6) is 0.168. The maximum Gasteiger partial charge on any atom is 0.273 e. The van der Waals surface area contributed by atoms with Crippen LogP contribution in [0.3, 0.4) is 0 Å². The maximum atomic E-state index is 12.3. The van der Waals surface area contributed by atoms with Gasteiger partial charge in [0.05, 0.1) is 10.0 Å². The number of carbonyl (C=O) groups excluding carboxylic acids is 1. The molecule has 0 bridgehead atoms. The molecular formula is C17H18Cl2N2O2. The Labute approximate surface area is 145 Å². The molecule has 1 saturated carbocycles. The van der Waals surface area contributed by atoms with Crippen molar-refractivity contribution in [2.45, 2.75) is 44.6 Å². The molecule has 6 heteroatoms. The van der Waals surface area contributed by atoms with Crippen LogP contribution in [0.15, 0.2) is 28.9 Å². The molecule has 0 saturated heterocycles. The third-order valence-corrected chi connectivity index (χ3v) is 4.83. The first-order chi connectivity index (χ1) is 11.1. The van der Waals surface area contributed by atoms with E-state index in [1.54, 1.807) is 18.2 Å². The molecule has 1 aliphatic rings. The molecular weight excluding hydrogens is 335 g/mol. The molecule has 1 amide bonds. The summed E-state index contributed by atoms with van der Waals surface area (Å²) in [7, 11) is 0. The Hall–Kier alpha value is -1.52. The summed E-state index contributed by atoms with van der Waals surface area (Å²) in [6.07, 6.45) is 8.27. The van der Waals surface area contributed by atoms with Gasteiger partial charge >= 0.3 is 0 Å². The number of aromatic nitrogens is 1. The fourth-order valence-corrected chi connectivity index (χ4v) is 3.12. The van der Waals surface area contributed by atoms with Gasteiger partial charge in [-0.3, -0.25) is 4.79 Å². The Morgan fingerprint density at radius 1 is 1.13 bits per heavy atom. The first-order valence-electron chi connectivity index (χ1n) is 7.85. The molecule has 0 unspecified atom stereocenters. The Bertz CT molecular complexity index is 692. The van der Waals surface area contributed by atoms with Crippen molar-refractivity contribution < 1.29 is 9.21 Å². The molecule has 1 heterocycles. The van der Waals surface area contributed by atoms with E-state index in [-0.39, 0.29) is 17.6 Å². The molecule has 1 aromatic carbocycles. The summed E-state index contributed by atoms with van der Waals surface area (Å²) in [6.45, 7) is 0. The number of rotatable bonds is 3. The van der Waals surface area contributed by atoms with Crippen molar-refractivity contribution in [3.63, 3.8) is 0 Å². The molecule has 0 radical (unpaired) electrons. The average molecular weight is 353 g/mol. The predicted molar refractivity (Wildman–Crippen MR) is 90.9 cm³/mol. The first-order valence-corrected chi connectivity index (χ1v) is 8.61. The molecule has 1 aromatic heterocycles. The molecule has 3 rings (SSSR count). The van der Waals surface area contributed by atoms with Crippen LogP contribution in [0.5, 0.6) is 0 Å². The third kappa shape index (κ3) is 4.06. The lowest BCUT2D eigenvalue weighted by Gasteiger charge is -2.14. The molecule has 1 aliphatic carbocycles. The monoisotopic (exact) mass is 352 g/mol. The topological polar surface area (TPSA) is 55.1 Å². The molecule has 2 aromatic rings. The zero-order valence-corrected chi connectivity index (χ0v) is 14.2. The summed E-state index contributed by atoms with van der Waals surface area (Å²) < 4.78 is 5.41. The van der Waals surface area contributed by atoms with E-state index in [9.17, 15) is 4.79 Å². The summed E-state index contributed by atoms with van der Waals surface area (Å²) >= 11 is 11.9. The normalized spacial score (nSPS) is 16.1. The second kappa shape index (κ2) is 7.37. The molecule has 122 valence electrons. The van der Waals surface area contributed by atoms with Crippen molar-refractivity contribution in [1.29, 1.82) is 0 Å². The van der Waals surface area contributed by atoms with Gasteiger partial charge in [-0.25, -0.2) is 4.98 Å². The number of amides is 1. The lowest BCUT2D eigenvalue weighted by Crippen LogP contribution is -2.34. The highest BCUT2D eigenvalue weighted by Crippen LogP contribution is 2.28. The summed E-state index contributed by atoms with van der Waals surface area (Å²) in [5.41, 5.74) is 0.975. The Morgan fingerprint density at radius 3 is 2.57 bits per heavy atom. The van der Waals surface area contributed by atoms with E-state index in [1.165, 1.54) is 19.1 Å². The van der Waals surface area contributed by atoms with Gasteiger partial charge in [-0.05, 0) is 31.0 Å². The smallest absolute Gasteiger partial charge is 0.273 e. The van der Waals surface area contributed by atoms with Crippen molar-refractivity contribution >= 4 is 29.1 Å². The lowest BCUT2D eigenvalue weighted by molar-refractivity contribution is 0.0928. The van der Waals surface area contributed by atoms with Gasteiger partial charge in [-0.1, -0.05) is 48.9 Å². The number of nitrogens with one attached hydrogen (secondary N) is 1. The summed E-state index contributed by atoms with van der Waals surface area (Å²) in [6, 6.07) is 5.33. The number of carbonyl (C=O) groups is 1. The standard InChI is InChI=1S/C17H18Cl2N2O2/c18-13-8-7-11(9-14(13)19)17-21-15(10-23-17)16(22)20-12-5-3-1-2-4-6-12/h7-10,12H,1-6H2,(H,20,22). The van der Waals surface area contributed by atoms with Gasteiger partial charge in [-0.2, -0.15) is 0 Å². The van der Waals surface area contributed by atoms with Crippen LogP contribution in [0.25, 0.3) is 11.5 Å². The third-order valence-electron chi connectivity index (χ3n) is 4.09. The van der Waals surface area contributed by atoms with E-state index in [2.05, 4.69) is 10.3 Å². The fraction of sp³-hybridized carbons (Fsp3) is 0.412. The Morgan fingerprint density at radius 2 is 1.87 bits per heavy atom. The van der Waals surface area contributed by atoms with Crippen LogP contribution in [0, 0.1) is 0 Å². The van der Waals surface area contributed by atoms with E-state index in [1.807, 2.05) is 0 Å². The quantitative estimate of drug-likeness (QED) is 0.781. The maximum absolute atomic E-state index is 12.3. The Kier molecular flexibility index (Phi) is 5.23. The number of halogens is 2. The molecule has 0 spiro atoms. The number of hydrogen-bond acceptors (Lipinski definition) is 3. The number of nitrogens with zero attached hydrogens (tertiary/aromatic N) is 1. The predicted octanol–water partition coefficient (Wildman–Crippen LogP) is 5.10. The van der Waals surface area contributed by atoms with Gasteiger partial charge in [0, 0.05) is 11.6 Å². The van der Waals surface area contributed by atoms with Crippen molar-refractivity contribution in [1.82, 2.24) is 10.3 Å². The van der Waals surface area contributed by atoms with Crippen molar-refractivity contribution in [2.75, 3.05) is 0 Å². The highest BCUT2D eigenvalue weighted by Gasteiger charge is 2.19. The van der Waals surface area contributed by atoms with Gasteiger partial charge < -0.3 is 9.73 Å². The van der Waals surface area contributed by atoms with Crippen LogP contribution >= 0.6 is 23.2 Å². The van der Waals surface area contributed by atoms with E-state index in [4.69, 9.17) is 27.6 Å². The van der Waals surface area contributed by atoms with Crippen molar-refractivity contribution in [3.05, 3.63) is 40.2 Å². The second-order valence-electron chi connectivity index (χ2n) is 5.83. The molecule has 23 heavy (non-hydrogen) atoms. The van der Waals surface area contributed by atoms with Gasteiger partial charge in [0.15, 0.2) is 5.69 Å². The number of hydrogen-bond donors (Lipinski definition) is 1. The van der Waals surface area contributed by atoms with E-state index >= 15 is 0 Å². The Balaban J connectivity index is 1.70. The number of oxazole rings is 1. The van der Waals surface area contributed by atoms with Gasteiger partial charge in [0.2, 0.25) is 5.89 Å². The first kappa shape index (κ1) is 16.3. The van der Waals surface area contributed by atoms with E-state index < -0.39 is 0 Å². The van der Waals surface area contributed by atoms with Gasteiger partial charge in [0.1, 0.15) is 6.26 Å². The molecule has 4 nitrogen and oxygen atoms in total. The minimum atomic E-state index is -0.188. The minimum Gasteiger partial charge on any atom is -0.444 e. The SMILES string of the molecule is O=C(NC1CCCCCC1)c1coc(-c2ccc(Cl)c(Cl)c2)n1. The largest absolute Gasteiger partial charge is 0.444 e. The van der Waals surface area contributed by atoms with Crippen LogP contribution in [0.4, 0.5) is 0 Å². The van der Waals surface area contributed by atoms with Gasteiger partial charge in [0.25, 0.3) is 5.91 Å².